The van der Waals surface area contributed by atoms with E-state index in [9.17, 15) is 4.79 Å². The van der Waals surface area contributed by atoms with Crippen molar-refractivity contribution in [3.05, 3.63) is 52.9 Å². The lowest BCUT2D eigenvalue weighted by atomic mass is 9.98. The summed E-state index contributed by atoms with van der Waals surface area (Å²) in [6, 6.07) is 7.37. The van der Waals surface area contributed by atoms with Gasteiger partial charge < -0.3 is 34.7 Å². The summed E-state index contributed by atoms with van der Waals surface area (Å²) in [5.41, 5.74) is 4.21. The number of ether oxygens (including phenoxy) is 3. The average Bonchev–Trinajstić information content (AvgIpc) is 3.52. The van der Waals surface area contributed by atoms with Gasteiger partial charge >= 0.3 is 0 Å². The molecule has 1 aromatic carbocycles. The van der Waals surface area contributed by atoms with Crippen LogP contribution in [0.15, 0.2) is 36.7 Å². The largest absolute Gasteiger partial charge is 0.493 e. The van der Waals surface area contributed by atoms with Crippen LogP contribution < -0.4 is 20.1 Å². The van der Waals surface area contributed by atoms with Crippen LogP contribution in [0, 0.1) is 0 Å². The Morgan fingerprint density at radius 3 is 2.97 bits per heavy atom. The number of para-hydroxylation sites is 1. The van der Waals surface area contributed by atoms with Crippen LogP contribution in [-0.2, 0) is 11.2 Å². The molecule has 2 aromatic heterocycles. The number of carbonyl (C=O) groups excluding carboxylic acids is 1. The minimum absolute atomic E-state index is 0.0301. The SMILES string of the molecule is COc1c(Cl)cccc1Nc1c(-c2ccncc2OC[C@@H]2CN(C)CCO2)[nH]c2c1C(=O)NC1(CC1)C2. The van der Waals surface area contributed by atoms with Crippen molar-refractivity contribution in [3.63, 3.8) is 0 Å². The lowest BCUT2D eigenvalue weighted by Crippen LogP contribution is -2.43. The van der Waals surface area contributed by atoms with E-state index in [2.05, 4.69) is 32.5 Å². The summed E-state index contributed by atoms with van der Waals surface area (Å²) in [6.45, 7) is 2.79. The molecule has 3 aliphatic rings. The minimum atomic E-state index is -0.140. The maximum atomic E-state index is 13.4. The summed E-state index contributed by atoms with van der Waals surface area (Å²) in [5.74, 6) is 1.02. The molecule has 2 aliphatic heterocycles. The van der Waals surface area contributed by atoms with Gasteiger partial charge in [-0.3, -0.25) is 9.78 Å². The maximum Gasteiger partial charge on any atom is 0.255 e. The fourth-order valence-corrected chi connectivity index (χ4v) is 5.45. The van der Waals surface area contributed by atoms with E-state index >= 15 is 0 Å². The molecule has 0 radical (unpaired) electrons. The van der Waals surface area contributed by atoms with Crippen LogP contribution >= 0.6 is 11.6 Å². The maximum absolute atomic E-state index is 13.4. The number of hydrogen-bond donors (Lipinski definition) is 3. The molecule has 3 N–H and O–H groups in total. The number of morpholine rings is 1. The number of carbonyl (C=O) groups is 1. The number of methoxy groups -OCH3 is 1. The van der Waals surface area contributed by atoms with Crippen LogP contribution in [-0.4, -0.2) is 72.9 Å². The number of nitrogens with zero attached hydrogens (tertiary/aromatic N) is 2. The van der Waals surface area contributed by atoms with Crippen molar-refractivity contribution < 1.29 is 19.0 Å². The van der Waals surface area contributed by atoms with Crippen molar-refractivity contribution in [3.8, 4) is 22.8 Å². The molecular formula is C27H30ClN5O4. The second kappa shape index (κ2) is 9.55. The van der Waals surface area contributed by atoms with Crippen LogP contribution in [0.2, 0.25) is 5.02 Å². The van der Waals surface area contributed by atoms with E-state index in [0.29, 0.717) is 46.7 Å². The van der Waals surface area contributed by atoms with Crippen molar-refractivity contribution in [1.29, 1.82) is 0 Å². The molecule has 1 atom stereocenters. The molecule has 1 saturated carbocycles. The zero-order chi connectivity index (χ0) is 25.6. The zero-order valence-electron chi connectivity index (χ0n) is 20.9. The molecule has 3 aromatic rings. The molecule has 1 aliphatic carbocycles. The highest BCUT2D eigenvalue weighted by atomic mass is 35.5. The Balaban J connectivity index is 1.40. The van der Waals surface area contributed by atoms with Crippen molar-refractivity contribution in [2.45, 2.75) is 30.9 Å². The number of likely N-dealkylation sites (N-methyl/N-ethyl adjacent to an activating group) is 1. The Bertz CT molecular complexity index is 1340. The average molecular weight is 524 g/mol. The molecule has 0 unspecified atom stereocenters. The first-order chi connectivity index (χ1) is 18.0. The van der Waals surface area contributed by atoms with E-state index in [-0.39, 0.29) is 17.6 Å². The predicted octanol–water partition coefficient (Wildman–Crippen LogP) is 4.01. The number of pyridine rings is 1. The van der Waals surface area contributed by atoms with Gasteiger partial charge in [0.1, 0.15) is 18.5 Å². The van der Waals surface area contributed by atoms with E-state index < -0.39 is 0 Å². The Kier molecular flexibility index (Phi) is 6.22. The molecule has 4 heterocycles. The van der Waals surface area contributed by atoms with Crippen LogP contribution in [0.5, 0.6) is 11.5 Å². The number of benzene rings is 1. The molecule has 9 nitrogen and oxygen atoms in total. The summed E-state index contributed by atoms with van der Waals surface area (Å²) in [5, 5.41) is 7.14. The predicted molar refractivity (Wildman–Crippen MR) is 141 cm³/mol. The highest BCUT2D eigenvalue weighted by molar-refractivity contribution is 6.32. The number of aromatic nitrogens is 2. The number of amides is 1. The van der Waals surface area contributed by atoms with Gasteiger partial charge in [0.2, 0.25) is 0 Å². The lowest BCUT2D eigenvalue weighted by Gasteiger charge is -2.30. The molecule has 2 fully saturated rings. The second-order valence-corrected chi connectivity index (χ2v) is 10.4. The highest BCUT2D eigenvalue weighted by Crippen LogP contribution is 2.48. The number of anilines is 2. The summed E-state index contributed by atoms with van der Waals surface area (Å²) in [6.07, 6.45) is 6.11. The first kappa shape index (κ1) is 24.1. The van der Waals surface area contributed by atoms with E-state index in [0.717, 1.165) is 49.3 Å². The zero-order valence-corrected chi connectivity index (χ0v) is 21.7. The summed E-state index contributed by atoms with van der Waals surface area (Å²) >= 11 is 6.40. The topological polar surface area (TPSA) is 101 Å². The number of rotatable bonds is 7. The summed E-state index contributed by atoms with van der Waals surface area (Å²) in [4.78, 5) is 23.5. The Labute approximate surface area is 220 Å². The normalized spacial score (nSPS) is 20.3. The Morgan fingerprint density at radius 2 is 2.19 bits per heavy atom. The van der Waals surface area contributed by atoms with Gasteiger partial charge in [-0.25, -0.2) is 0 Å². The van der Waals surface area contributed by atoms with Gasteiger partial charge in [0.15, 0.2) is 5.75 Å². The van der Waals surface area contributed by atoms with Gasteiger partial charge in [0.05, 0.1) is 47.6 Å². The standard InChI is InChI=1S/C27H30ClN5O4/c1-33-10-11-36-16(14-33)15-37-21-13-29-9-6-17(21)23-24(30-19-5-3-4-18(28)25(19)35-2)22-20(31-23)12-27(7-8-27)32-26(22)34/h3-6,9,13,16,30-31H,7-8,10-12,14-15H2,1-2H3,(H,32,34)/t16-/m0/s1. The van der Waals surface area contributed by atoms with Crippen LogP contribution in [0.25, 0.3) is 11.3 Å². The van der Waals surface area contributed by atoms with Crippen molar-refractivity contribution in [1.82, 2.24) is 20.2 Å². The van der Waals surface area contributed by atoms with Gasteiger partial charge in [0, 0.05) is 42.5 Å². The minimum Gasteiger partial charge on any atom is -0.493 e. The Hall–Kier alpha value is -3.27. The number of H-pyrrole nitrogens is 1. The van der Waals surface area contributed by atoms with Gasteiger partial charge in [-0.05, 0) is 38.1 Å². The third kappa shape index (κ3) is 4.63. The molecule has 0 bridgehead atoms. The Morgan fingerprint density at radius 1 is 1.32 bits per heavy atom. The molecule has 1 spiro atoms. The third-order valence-corrected chi connectivity index (χ3v) is 7.60. The van der Waals surface area contributed by atoms with Gasteiger partial charge in [-0.1, -0.05) is 17.7 Å². The van der Waals surface area contributed by atoms with E-state index in [1.165, 1.54) is 0 Å². The van der Waals surface area contributed by atoms with Crippen LogP contribution in [0.4, 0.5) is 11.4 Å². The van der Waals surface area contributed by atoms with E-state index in [1.807, 2.05) is 18.2 Å². The van der Waals surface area contributed by atoms with Crippen molar-refractivity contribution in [2.24, 2.45) is 0 Å². The molecular weight excluding hydrogens is 494 g/mol. The van der Waals surface area contributed by atoms with Crippen LogP contribution in [0.1, 0.15) is 28.9 Å². The fourth-order valence-electron chi connectivity index (χ4n) is 5.20. The lowest BCUT2D eigenvalue weighted by molar-refractivity contribution is -0.0403. The first-order valence-corrected chi connectivity index (χ1v) is 12.9. The van der Waals surface area contributed by atoms with Crippen molar-refractivity contribution in [2.75, 3.05) is 45.8 Å². The van der Waals surface area contributed by atoms with Crippen LogP contribution in [0.3, 0.4) is 0 Å². The number of nitrogens with one attached hydrogen (secondary N) is 3. The first-order valence-electron chi connectivity index (χ1n) is 12.5. The molecule has 6 rings (SSSR count). The van der Waals surface area contributed by atoms with Crippen molar-refractivity contribution >= 4 is 28.9 Å². The molecule has 1 amide bonds. The molecule has 1 saturated heterocycles. The number of aromatic amines is 1. The second-order valence-electron chi connectivity index (χ2n) is 10.0. The number of fused-ring (bicyclic) bond motifs is 1. The smallest absolute Gasteiger partial charge is 0.255 e. The molecule has 194 valence electrons. The monoisotopic (exact) mass is 523 g/mol. The highest BCUT2D eigenvalue weighted by Gasteiger charge is 2.49. The summed E-state index contributed by atoms with van der Waals surface area (Å²) in [7, 11) is 3.65. The van der Waals surface area contributed by atoms with Gasteiger partial charge in [0.25, 0.3) is 5.91 Å². The quantitative estimate of drug-likeness (QED) is 0.430. The molecule has 10 heteroatoms. The van der Waals surface area contributed by atoms with Gasteiger partial charge in [-0.2, -0.15) is 0 Å². The number of halogens is 1. The third-order valence-electron chi connectivity index (χ3n) is 7.30. The fraction of sp³-hybridized carbons (Fsp3) is 0.407. The van der Waals surface area contributed by atoms with E-state index in [1.54, 1.807) is 25.6 Å². The van der Waals surface area contributed by atoms with E-state index in [4.69, 9.17) is 25.8 Å². The van der Waals surface area contributed by atoms with Gasteiger partial charge in [-0.15, -0.1) is 0 Å². The molecule has 37 heavy (non-hydrogen) atoms. The summed E-state index contributed by atoms with van der Waals surface area (Å²) < 4.78 is 17.7. The number of hydrogen-bond acceptors (Lipinski definition) is 7.